The van der Waals surface area contributed by atoms with Crippen LogP contribution in [0.2, 0.25) is 0 Å². The lowest BCUT2D eigenvalue weighted by Crippen LogP contribution is -2.50. The Morgan fingerprint density at radius 1 is 1.28 bits per heavy atom. The molecule has 2 aliphatic heterocycles. The smallest absolute Gasteiger partial charge is 0.252 e. The predicted octanol–water partition coefficient (Wildman–Crippen LogP) is 0.681. The monoisotopic (exact) mass is 254 g/mol. The van der Waals surface area contributed by atoms with Crippen LogP contribution in [0, 0.1) is 0 Å². The Hall–Kier alpha value is -1.10. The first kappa shape index (κ1) is 13.3. The van der Waals surface area contributed by atoms with Gasteiger partial charge in [-0.15, -0.1) is 0 Å². The number of amides is 2. The van der Waals surface area contributed by atoms with Gasteiger partial charge in [0.15, 0.2) is 0 Å². The van der Waals surface area contributed by atoms with Gasteiger partial charge in [0.2, 0.25) is 5.91 Å². The molecule has 5 nitrogen and oxygen atoms in total. The zero-order chi connectivity index (χ0) is 13.1. The molecule has 0 saturated carbocycles. The third-order valence-electron chi connectivity index (χ3n) is 3.47. The minimum atomic E-state index is -0.322. The van der Waals surface area contributed by atoms with Crippen LogP contribution in [0.1, 0.15) is 39.5 Å². The van der Waals surface area contributed by atoms with Crippen LogP contribution >= 0.6 is 0 Å². The van der Waals surface area contributed by atoms with E-state index in [2.05, 4.69) is 5.32 Å². The molecule has 0 spiro atoms. The first-order chi connectivity index (χ1) is 8.59. The maximum Gasteiger partial charge on any atom is 0.252 e. The van der Waals surface area contributed by atoms with E-state index in [1.165, 1.54) is 0 Å². The number of rotatable bonds is 3. The van der Waals surface area contributed by atoms with Crippen molar-refractivity contribution >= 4 is 11.8 Å². The number of ether oxygens (including phenoxy) is 1. The summed E-state index contributed by atoms with van der Waals surface area (Å²) in [5.41, 5.74) is 0. The van der Waals surface area contributed by atoms with E-state index in [1.807, 2.05) is 13.8 Å². The lowest BCUT2D eigenvalue weighted by atomic mass is 10.1. The maximum absolute atomic E-state index is 12.3. The summed E-state index contributed by atoms with van der Waals surface area (Å²) in [7, 11) is 0. The van der Waals surface area contributed by atoms with Crippen molar-refractivity contribution in [2.24, 2.45) is 0 Å². The highest BCUT2D eigenvalue weighted by atomic mass is 16.5. The number of nitrogens with one attached hydrogen (secondary N) is 1. The van der Waals surface area contributed by atoms with Crippen molar-refractivity contribution in [3.63, 3.8) is 0 Å². The predicted molar refractivity (Wildman–Crippen MR) is 67.0 cm³/mol. The van der Waals surface area contributed by atoms with Crippen LogP contribution in [0.25, 0.3) is 0 Å². The van der Waals surface area contributed by atoms with Crippen LogP contribution in [-0.2, 0) is 14.3 Å². The Bertz CT molecular complexity index is 324. The fourth-order valence-electron chi connectivity index (χ4n) is 2.64. The quantitative estimate of drug-likeness (QED) is 0.806. The summed E-state index contributed by atoms with van der Waals surface area (Å²) in [5, 5.41) is 2.89. The van der Waals surface area contributed by atoms with Crippen LogP contribution in [0.3, 0.4) is 0 Å². The van der Waals surface area contributed by atoms with Crippen molar-refractivity contribution in [1.29, 1.82) is 0 Å². The molecular formula is C13H22N2O3. The molecule has 2 saturated heterocycles. The van der Waals surface area contributed by atoms with Crippen LogP contribution in [-0.4, -0.2) is 48.1 Å². The average molecular weight is 254 g/mol. The zero-order valence-corrected chi connectivity index (χ0v) is 11.1. The normalized spacial score (nSPS) is 27.8. The van der Waals surface area contributed by atoms with E-state index in [9.17, 15) is 9.59 Å². The van der Waals surface area contributed by atoms with Gasteiger partial charge in [0, 0.05) is 19.2 Å². The third kappa shape index (κ3) is 2.83. The van der Waals surface area contributed by atoms with E-state index in [1.54, 1.807) is 4.90 Å². The average Bonchev–Trinajstić information content (AvgIpc) is 2.98. The Balaban J connectivity index is 1.98. The minimum Gasteiger partial charge on any atom is -0.368 e. The van der Waals surface area contributed by atoms with Crippen LogP contribution in [0.4, 0.5) is 0 Å². The molecule has 102 valence electrons. The second-order valence-electron chi connectivity index (χ2n) is 5.35. The number of hydrogen-bond acceptors (Lipinski definition) is 3. The molecule has 0 bridgehead atoms. The number of nitrogens with zero attached hydrogens (tertiary/aromatic N) is 1. The lowest BCUT2D eigenvalue weighted by molar-refractivity contribution is -0.145. The molecule has 0 radical (unpaired) electrons. The summed E-state index contributed by atoms with van der Waals surface area (Å²) in [6.07, 6.45) is 3.06. The summed E-state index contributed by atoms with van der Waals surface area (Å²) in [5.74, 6) is -0.0391. The van der Waals surface area contributed by atoms with E-state index in [0.29, 0.717) is 13.2 Å². The first-order valence-corrected chi connectivity index (χ1v) is 6.82. The molecule has 2 aliphatic rings. The van der Waals surface area contributed by atoms with E-state index >= 15 is 0 Å². The summed E-state index contributed by atoms with van der Waals surface area (Å²) >= 11 is 0. The van der Waals surface area contributed by atoms with Crippen molar-refractivity contribution in [2.45, 2.75) is 57.7 Å². The second kappa shape index (κ2) is 5.69. The molecular weight excluding hydrogens is 232 g/mol. The van der Waals surface area contributed by atoms with Gasteiger partial charge in [-0.2, -0.15) is 0 Å². The molecule has 2 heterocycles. The number of carbonyl (C=O) groups excluding carboxylic acids is 2. The van der Waals surface area contributed by atoms with Crippen molar-refractivity contribution in [2.75, 3.05) is 13.2 Å². The molecule has 2 atom stereocenters. The van der Waals surface area contributed by atoms with Crippen LogP contribution in [0.15, 0.2) is 0 Å². The topological polar surface area (TPSA) is 58.6 Å². The maximum atomic E-state index is 12.3. The van der Waals surface area contributed by atoms with E-state index in [-0.39, 0.29) is 30.0 Å². The van der Waals surface area contributed by atoms with Gasteiger partial charge in [-0.1, -0.05) is 0 Å². The van der Waals surface area contributed by atoms with Gasteiger partial charge in [0.05, 0.1) is 0 Å². The van der Waals surface area contributed by atoms with Gasteiger partial charge in [0.25, 0.3) is 5.91 Å². The molecule has 1 N–H and O–H groups in total. The third-order valence-corrected chi connectivity index (χ3v) is 3.47. The largest absolute Gasteiger partial charge is 0.368 e. The molecule has 0 aromatic heterocycles. The van der Waals surface area contributed by atoms with Crippen LogP contribution in [0.5, 0.6) is 0 Å². The molecule has 5 heteroatoms. The van der Waals surface area contributed by atoms with Gasteiger partial charge >= 0.3 is 0 Å². The van der Waals surface area contributed by atoms with Gasteiger partial charge in [-0.25, -0.2) is 0 Å². The molecule has 2 unspecified atom stereocenters. The molecule has 0 aromatic rings. The van der Waals surface area contributed by atoms with E-state index in [0.717, 1.165) is 25.7 Å². The highest BCUT2D eigenvalue weighted by Crippen LogP contribution is 2.22. The Kier molecular flexibility index (Phi) is 4.22. The molecule has 18 heavy (non-hydrogen) atoms. The van der Waals surface area contributed by atoms with Crippen molar-refractivity contribution in [3.8, 4) is 0 Å². The Labute approximate surface area is 108 Å². The molecule has 2 rings (SSSR count). The standard InChI is InChI=1S/C13H22N2O3/c1-9(2)14-12(16)10-5-3-7-15(10)13(17)11-6-4-8-18-11/h9-11H,3-8H2,1-2H3,(H,14,16). The minimum absolute atomic E-state index is 0.00564. The van der Waals surface area contributed by atoms with Gasteiger partial charge in [-0.05, 0) is 39.5 Å². The molecule has 2 fully saturated rings. The Morgan fingerprint density at radius 3 is 2.67 bits per heavy atom. The summed E-state index contributed by atoms with van der Waals surface area (Å²) in [6, 6.07) is -0.193. The summed E-state index contributed by atoms with van der Waals surface area (Å²) in [4.78, 5) is 26.0. The van der Waals surface area contributed by atoms with E-state index in [4.69, 9.17) is 4.74 Å². The molecule has 0 aromatic carbocycles. The van der Waals surface area contributed by atoms with Crippen molar-refractivity contribution in [1.82, 2.24) is 10.2 Å². The Morgan fingerprint density at radius 2 is 2.06 bits per heavy atom. The van der Waals surface area contributed by atoms with Gasteiger partial charge in [0.1, 0.15) is 12.1 Å². The fraction of sp³-hybridized carbons (Fsp3) is 0.846. The van der Waals surface area contributed by atoms with Gasteiger partial charge in [-0.3, -0.25) is 9.59 Å². The van der Waals surface area contributed by atoms with Gasteiger partial charge < -0.3 is 15.0 Å². The van der Waals surface area contributed by atoms with Crippen LogP contribution < -0.4 is 5.32 Å². The second-order valence-corrected chi connectivity index (χ2v) is 5.35. The van der Waals surface area contributed by atoms with E-state index < -0.39 is 0 Å². The van der Waals surface area contributed by atoms with Crippen molar-refractivity contribution in [3.05, 3.63) is 0 Å². The lowest BCUT2D eigenvalue weighted by Gasteiger charge is -2.26. The number of carbonyl (C=O) groups is 2. The number of likely N-dealkylation sites (tertiary alicyclic amines) is 1. The highest BCUT2D eigenvalue weighted by Gasteiger charge is 2.38. The molecule has 0 aliphatic carbocycles. The highest BCUT2D eigenvalue weighted by molar-refractivity contribution is 5.90. The number of hydrogen-bond donors (Lipinski definition) is 1. The SMILES string of the molecule is CC(C)NC(=O)C1CCCN1C(=O)C1CCCO1. The van der Waals surface area contributed by atoms with Crippen molar-refractivity contribution < 1.29 is 14.3 Å². The fourth-order valence-corrected chi connectivity index (χ4v) is 2.64. The molecule has 2 amide bonds. The summed E-state index contributed by atoms with van der Waals surface area (Å²) in [6.45, 7) is 5.19. The zero-order valence-electron chi connectivity index (χ0n) is 11.1. The first-order valence-electron chi connectivity index (χ1n) is 6.82. The summed E-state index contributed by atoms with van der Waals surface area (Å²) < 4.78 is 5.41.